The van der Waals surface area contributed by atoms with Crippen molar-refractivity contribution >= 4 is 23.6 Å². The van der Waals surface area contributed by atoms with Crippen LogP contribution in [0.4, 0.5) is 8.78 Å². The molecule has 1 N–H and O–H groups in total. The Morgan fingerprint density at radius 2 is 2.14 bits per heavy atom. The minimum atomic E-state index is -1.12. The molecule has 1 aliphatic rings. The molecular formula is C13H13F2NO4S. The van der Waals surface area contributed by atoms with Gasteiger partial charge in [-0.05, 0) is 18.2 Å². The highest BCUT2D eigenvalue weighted by molar-refractivity contribution is 8.00. The number of carboxylic acid groups (broad SMARTS) is 1. The second-order valence-corrected chi connectivity index (χ2v) is 5.43. The topological polar surface area (TPSA) is 66.8 Å². The van der Waals surface area contributed by atoms with E-state index in [1.165, 1.54) is 11.0 Å². The van der Waals surface area contributed by atoms with Crippen molar-refractivity contribution < 1.29 is 28.2 Å². The summed E-state index contributed by atoms with van der Waals surface area (Å²) in [5, 5.41) is 9.04. The lowest BCUT2D eigenvalue weighted by molar-refractivity contribution is -0.157. The number of thioether (sulfide) groups is 1. The average Bonchev–Trinajstić information content (AvgIpc) is 2.48. The zero-order chi connectivity index (χ0) is 15.4. The fraction of sp³-hybridized carbons (Fsp3) is 0.385. The van der Waals surface area contributed by atoms with Gasteiger partial charge in [0.25, 0.3) is 0 Å². The highest BCUT2D eigenvalue weighted by atomic mass is 32.2. The Morgan fingerprint density at radius 1 is 1.38 bits per heavy atom. The number of carboxylic acids is 1. The summed E-state index contributed by atoms with van der Waals surface area (Å²) in [6.07, 6.45) is 0. The Kier molecular flexibility index (Phi) is 5.13. The number of halogens is 2. The van der Waals surface area contributed by atoms with Gasteiger partial charge < -0.3 is 14.7 Å². The maximum absolute atomic E-state index is 13.0. The molecule has 1 atom stereocenters. The lowest BCUT2D eigenvalue weighted by Gasteiger charge is -2.32. The lowest BCUT2D eigenvalue weighted by atomic mass is 10.2. The van der Waals surface area contributed by atoms with Crippen LogP contribution in [-0.2, 0) is 14.3 Å². The van der Waals surface area contributed by atoms with Crippen LogP contribution in [0.1, 0.15) is 0 Å². The zero-order valence-electron chi connectivity index (χ0n) is 10.9. The van der Waals surface area contributed by atoms with Gasteiger partial charge >= 0.3 is 5.97 Å². The molecule has 1 heterocycles. The van der Waals surface area contributed by atoms with Crippen LogP contribution >= 0.6 is 11.8 Å². The fourth-order valence-corrected chi connectivity index (χ4v) is 2.71. The van der Waals surface area contributed by atoms with Crippen molar-refractivity contribution in [3.8, 4) is 0 Å². The fourth-order valence-electron chi connectivity index (χ4n) is 1.90. The first-order chi connectivity index (χ1) is 9.99. The van der Waals surface area contributed by atoms with Crippen LogP contribution in [0.25, 0.3) is 0 Å². The molecule has 21 heavy (non-hydrogen) atoms. The van der Waals surface area contributed by atoms with Crippen LogP contribution < -0.4 is 0 Å². The third-order valence-electron chi connectivity index (χ3n) is 2.99. The molecule has 1 aliphatic heterocycles. The van der Waals surface area contributed by atoms with Crippen molar-refractivity contribution in [1.82, 2.24) is 4.90 Å². The molecule has 0 bridgehead atoms. The number of morpholine rings is 1. The van der Waals surface area contributed by atoms with Crippen LogP contribution in [0.15, 0.2) is 23.1 Å². The Labute approximate surface area is 123 Å². The van der Waals surface area contributed by atoms with Gasteiger partial charge in [0.2, 0.25) is 5.91 Å². The number of carbonyl (C=O) groups excluding carboxylic acids is 1. The molecular weight excluding hydrogens is 304 g/mol. The van der Waals surface area contributed by atoms with Crippen LogP contribution in [0.5, 0.6) is 0 Å². The third-order valence-corrected chi connectivity index (χ3v) is 3.97. The average molecular weight is 317 g/mol. The van der Waals surface area contributed by atoms with Crippen LogP contribution in [0.2, 0.25) is 0 Å². The van der Waals surface area contributed by atoms with Crippen LogP contribution in [0, 0.1) is 11.6 Å². The summed E-state index contributed by atoms with van der Waals surface area (Å²) in [5.74, 6) is -3.48. The second kappa shape index (κ2) is 6.86. The molecule has 5 nitrogen and oxygen atoms in total. The molecule has 0 aromatic heterocycles. The summed E-state index contributed by atoms with van der Waals surface area (Å²) in [6, 6.07) is 2.35. The summed E-state index contributed by atoms with van der Waals surface area (Å²) in [4.78, 5) is 24.7. The molecule has 1 amide bonds. The summed E-state index contributed by atoms with van der Waals surface area (Å²) >= 11 is 1.03. The summed E-state index contributed by atoms with van der Waals surface area (Å²) in [7, 11) is 0. The largest absolute Gasteiger partial charge is 0.480 e. The van der Waals surface area contributed by atoms with E-state index in [2.05, 4.69) is 0 Å². The molecule has 1 saturated heterocycles. The molecule has 2 rings (SSSR count). The number of amides is 1. The number of hydrogen-bond acceptors (Lipinski definition) is 4. The van der Waals surface area contributed by atoms with E-state index in [1.54, 1.807) is 0 Å². The molecule has 0 spiro atoms. The van der Waals surface area contributed by atoms with Crippen molar-refractivity contribution in [3.05, 3.63) is 29.8 Å². The summed E-state index contributed by atoms with van der Waals surface area (Å²) in [5.41, 5.74) is 0. The lowest BCUT2D eigenvalue weighted by Crippen LogP contribution is -2.53. The van der Waals surface area contributed by atoms with E-state index in [-0.39, 0.29) is 31.4 Å². The number of nitrogens with zero attached hydrogens (tertiary/aromatic N) is 1. The van der Waals surface area contributed by atoms with Crippen molar-refractivity contribution in [1.29, 1.82) is 0 Å². The van der Waals surface area contributed by atoms with E-state index in [0.717, 1.165) is 23.9 Å². The van der Waals surface area contributed by atoms with E-state index >= 15 is 0 Å². The molecule has 1 fully saturated rings. The monoisotopic (exact) mass is 317 g/mol. The standard InChI is InChI=1S/C13H13F2NO4S/c14-9-2-1-8(5-10(9)15)21-7-12(17)16-3-4-20-6-11(16)13(18)19/h1-2,5,11H,3-4,6-7H2,(H,18,19). The predicted molar refractivity (Wildman–Crippen MR) is 71.0 cm³/mol. The Hall–Kier alpha value is -1.67. The van der Waals surface area contributed by atoms with Gasteiger partial charge in [-0.3, -0.25) is 4.79 Å². The van der Waals surface area contributed by atoms with Crippen molar-refractivity contribution in [2.75, 3.05) is 25.5 Å². The minimum Gasteiger partial charge on any atom is -0.480 e. The number of carbonyl (C=O) groups is 2. The SMILES string of the molecule is O=C(O)C1COCCN1C(=O)CSc1ccc(F)c(F)c1. The Balaban J connectivity index is 1.96. The van der Waals surface area contributed by atoms with E-state index in [1.807, 2.05) is 0 Å². The van der Waals surface area contributed by atoms with E-state index in [9.17, 15) is 18.4 Å². The molecule has 0 saturated carbocycles. The minimum absolute atomic E-state index is 0.0447. The number of rotatable bonds is 4. The van der Waals surface area contributed by atoms with Gasteiger partial charge in [-0.25, -0.2) is 13.6 Å². The molecule has 114 valence electrons. The number of ether oxygens (including phenoxy) is 1. The molecule has 0 aliphatic carbocycles. The van der Waals surface area contributed by atoms with Crippen LogP contribution in [-0.4, -0.2) is 53.4 Å². The van der Waals surface area contributed by atoms with Gasteiger partial charge in [0, 0.05) is 11.4 Å². The summed E-state index contributed by atoms with van der Waals surface area (Å²) in [6.45, 7) is 0.441. The molecule has 8 heteroatoms. The van der Waals surface area contributed by atoms with Gasteiger partial charge in [-0.2, -0.15) is 0 Å². The maximum atomic E-state index is 13.0. The number of benzene rings is 1. The second-order valence-electron chi connectivity index (χ2n) is 4.38. The van der Waals surface area contributed by atoms with Gasteiger partial charge in [-0.1, -0.05) is 0 Å². The first kappa shape index (κ1) is 15.7. The number of aliphatic carboxylic acids is 1. The van der Waals surface area contributed by atoms with Gasteiger partial charge in [0.15, 0.2) is 17.7 Å². The molecule has 0 radical (unpaired) electrons. The Bertz CT molecular complexity index is 555. The Morgan fingerprint density at radius 3 is 2.81 bits per heavy atom. The van der Waals surface area contributed by atoms with E-state index < -0.39 is 23.6 Å². The maximum Gasteiger partial charge on any atom is 0.328 e. The zero-order valence-corrected chi connectivity index (χ0v) is 11.7. The van der Waals surface area contributed by atoms with Crippen LogP contribution in [0.3, 0.4) is 0 Å². The molecule has 1 aromatic carbocycles. The van der Waals surface area contributed by atoms with E-state index in [0.29, 0.717) is 4.90 Å². The van der Waals surface area contributed by atoms with E-state index in [4.69, 9.17) is 9.84 Å². The highest BCUT2D eigenvalue weighted by Crippen LogP contribution is 2.21. The quantitative estimate of drug-likeness (QED) is 0.850. The first-order valence-electron chi connectivity index (χ1n) is 6.17. The van der Waals surface area contributed by atoms with Crippen molar-refractivity contribution in [3.63, 3.8) is 0 Å². The smallest absolute Gasteiger partial charge is 0.328 e. The normalized spacial score (nSPS) is 18.6. The van der Waals surface area contributed by atoms with Gasteiger partial charge in [0.05, 0.1) is 19.0 Å². The molecule has 1 aromatic rings. The highest BCUT2D eigenvalue weighted by Gasteiger charge is 2.32. The van der Waals surface area contributed by atoms with Crippen molar-refractivity contribution in [2.45, 2.75) is 10.9 Å². The molecule has 1 unspecified atom stereocenters. The van der Waals surface area contributed by atoms with Gasteiger partial charge in [-0.15, -0.1) is 11.8 Å². The first-order valence-corrected chi connectivity index (χ1v) is 7.15. The summed E-state index contributed by atoms with van der Waals surface area (Å²) < 4.78 is 30.9. The number of hydrogen-bond donors (Lipinski definition) is 1. The predicted octanol–water partition coefficient (Wildman–Crippen LogP) is 1.37. The van der Waals surface area contributed by atoms with Gasteiger partial charge in [0.1, 0.15) is 0 Å². The third kappa shape index (κ3) is 3.92. The van der Waals surface area contributed by atoms with Crippen molar-refractivity contribution in [2.24, 2.45) is 0 Å².